The Balaban J connectivity index is 1.86. The van der Waals surface area contributed by atoms with Gasteiger partial charge in [-0.3, -0.25) is 10.1 Å². The SMILES string of the molecule is CCc1noc(NC(=O)c2ccc3nc[nH]c3c2)c1C. The summed E-state index contributed by atoms with van der Waals surface area (Å²) in [6.45, 7) is 3.87. The lowest BCUT2D eigenvalue weighted by molar-refractivity contribution is 0.102. The van der Waals surface area contributed by atoms with Gasteiger partial charge in [0.25, 0.3) is 5.91 Å². The van der Waals surface area contributed by atoms with E-state index < -0.39 is 0 Å². The maximum absolute atomic E-state index is 12.2. The molecular weight excluding hydrogens is 256 g/mol. The summed E-state index contributed by atoms with van der Waals surface area (Å²) in [6, 6.07) is 5.28. The number of nitrogens with one attached hydrogen (secondary N) is 2. The molecule has 2 N–H and O–H groups in total. The van der Waals surface area contributed by atoms with Crippen LogP contribution >= 0.6 is 0 Å². The third-order valence-corrected chi connectivity index (χ3v) is 3.26. The quantitative estimate of drug-likeness (QED) is 0.766. The number of carbonyl (C=O) groups is 1. The fourth-order valence-electron chi connectivity index (χ4n) is 2.07. The van der Waals surface area contributed by atoms with Crippen LogP contribution in [0.5, 0.6) is 0 Å². The molecule has 2 aromatic heterocycles. The minimum absolute atomic E-state index is 0.233. The monoisotopic (exact) mass is 270 g/mol. The van der Waals surface area contributed by atoms with Gasteiger partial charge in [-0.15, -0.1) is 0 Å². The Hall–Kier alpha value is -2.63. The van der Waals surface area contributed by atoms with E-state index in [-0.39, 0.29) is 5.91 Å². The Bertz CT molecular complexity index is 772. The number of H-pyrrole nitrogens is 1. The molecule has 0 saturated heterocycles. The smallest absolute Gasteiger partial charge is 0.258 e. The molecule has 0 radical (unpaired) electrons. The van der Waals surface area contributed by atoms with Gasteiger partial charge >= 0.3 is 0 Å². The Morgan fingerprint density at radius 1 is 1.45 bits per heavy atom. The molecule has 3 rings (SSSR count). The number of aromatic amines is 1. The zero-order valence-electron chi connectivity index (χ0n) is 11.2. The number of amides is 1. The number of benzene rings is 1. The lowest BCUT2D eigenvalue weighted by Gasteiger charge is -2.02. The van der Waals surface area contributed by atoms with Gasteiger partial charge in [-0.25, -0.2) is 4.98 Å². The maximum Gasteiger partial charge on any atom is 0.258 e. The number of anilines is 1. The molecule has 0 saturated carbocycles. The highest BCUT2D eigenvalue weighted by Crippen LogP contribution is 2.20. The zero-order valence-corrected chi connectivity index (χ0v) is 11.2. The zero-order chi connectivity index (χ0) is 14.1. The molecule has 0 aliphatic carbocycles. The van der Waals surface area contributed by atoms with Crippen LogP contribution in [0.2, 0.25) is 0 Å². The third kappa shape index (κ3) is 2.05. The van der Waals surface area contributed by atoms with Gasteiger partial charge in [0, 0.05) is 11.1 Å². The highest BCUT2D eigenvalue weighted by Gasteiger charge is 2.14. The molecule has 0 unspecified atom stereocenters. The Labute approximate surface area is 115 Å². The summed E-state index contributed by atoms with van der Waals surface area (Å²) in [5.74, 6) is 0.167. The van der Waals surface area contributed by atoms with Crippen LogP contribution in [-0.4, -0.2) is 21.0 Å². The van der Waals surface area contributed by atoms with E-state index in [1.807, 2.05) is 13.8 Å². The Morgan fingerprint density at radius 3 is 3.05 bits per heavy atom. The van der Waals surface area contributed by atoms with E-state index in [4.69, 9.17) is 4.52 Å². The predicted molar refractivity (Wildman–Crippen MR) is 74.7 cm³/mol. The molecule has 0 fully saturated rings. The standard InChI is InChI=1S/C14H14N4O2/c1-3-10-8(2)14(20-18-10)17-13(19)9-4-5-11-12(6-9)16-7-15-11/h4-7H,3H2,1-2H3,(H,15,16)(H,17,19). The average Bonchev–Trinajstić information content (AvgIpc) is 3.05. The largest absolute Gasteiger partial charge is 0.345 e. The molecule has 0 aliphatic rings. The van der Waals surface area contributed by atoms with Crippen molar-refractivity contribution in [3.8, 4) is 0 Å². The van der Waals surface area contributed by atoms with Crippen molar-refractivity contribution in [1.29, 1.82) is 0 Å². The second-order valence-electron chi connectivity index (χ2n) is 4.53. The molecule has 6 nitrogen and oxygen atoms in total. The second-order valence-corrected chi connectivity index (χ2v) is 4.53. The summed E-state index contributed by atoms with van der Waals surface area (Å²) in [7, 11) is 0. The number of carbonyl (C=O) groups excluding carboxylic acids is 1. The number of nitrogens with zero attached hydrogens (tertiary/aromatic N) is 2. The van der Waals surface area contributed by atoms with Gasteiger partial charge in [0.1, 0.15) is 0 Å². The van der Waals surface area contributed by atoms with Gasteiger partial charge in [-0.2, -0.15) is 0 Å². The van der Waals surface area contributed by atoms with Gasteiger partial charge in [-0.05, 0) is 31.5 Å². The van der Waals surface area contributed by atoms with Crippen molar-refractivity contribution in [3.05, 3.63) is 41.3 Å². The van der Waals surface area contributed by atoms with Crippen molar-refractivity contribution in [1.82, 2.24) is 15.1 Å². The van der Waals surface area contributed by atoms with Crippen LogP contribution in [0.3, 0.4) is 0 Å². The van der Waals surface area contributed by atoms with E-state index >= 15 is 0 Å². The van der Waals surface area contributed by atoms with Crippen LogP contribution in [0, 0.1) is 6.92 Å². The summed E-state index contributed by atoms with van der Waals surface area (Å²) < 4.78 is 5.15. The molecule has 1 aromatic carbocycles. The van der Waals surface area contributed by atoms with Crippen LogP contribution in [0.25, 0.3) is 11.0 Å². The van der Waals surface area contributed by atoms with Crippen molar-refractivity contribution < 1.29 is 9.32 Å². The minimum atomic E-state index is -0.233. The first-order chi connectivity index (χ1) is 9.69. The van der Waals surface area contributed by atoms with E-state index in [2.05, 4.69) is 20.4 Å². The molecule has 6 heteroatoms. The molecule has 0 atom stereocenters. The molecule has 2 heterocycles. The van der Waals surface area contributed by atoms with Crippen molar-refractivity contribution in [3.63, 3.8) is 0 Å². The van der Waals surface area contributed by atoms with E-state index in [0.29, 0.717) is 11.4 Å². The lowest BCUT2D eigenvalue weighted by Crippen LogP contribution is -2.12. The first kappa shape index (κ1) is 12.4. The fraction of sp³-hybridized carbons (Fsp3) is 0.214. The van der Waals surface area contributed by atoms with Crippen LogP contribution in [-0.2, 0) is 6.42 Å². The maximum atomic E-state index is 12.2. The minimum Gasteiger partial charge on any atom is -0.345 e. The van der Waals surface area contributed by atoms with Gasteiger partial charge in [0.2, 0.25) is 5.88 Å². The molecule has 102 valence electrons. The fourth-order valence-corrected chi connectivity index (χ4v) is 2.07. The molecule has 3 aromatic rings. The summed E-state index contributed by atoms with van der Waals surface area (Å²) in [5.41, 5.74) is 3.90. The summed E-state index contributed by atoms with van der Waals surface area (Å²) in [4.78, 5) is 19.3. The van der Waals surface area contributed by atoms with Crippen LogP contribution < -0.4 is 5.32 Å². The lowest BCUT2D eigenvalue weighted by atomic mass is 10.2. The number of hydrogen-bond acceptors (Lipinski definition) is 4. The Morgan fingerprint density at radius 2 is 2.30 bits per heavy atom. The van der Waals surface area contributed by atoms with Gasteiger partial charge in [-0.1, -0.05) is 12.1 Å². The molecule has 0 bridgehead atoms. The van der Waals surface area contributed by atoms with Crippen LogP contribution in [0.4, 0.5) is 5.88 Å². The van der Waals surface area contributed by atoms with Gasteiger partial charge < -0.3 is 9.51 Å². The highest BCUT2D eigenvalue weighted by atomic mass is 16.5. The van der Waals surface area contributed by atoms with Gasteiger partial charge in [0.05, 0.1) is 23.1 Å². The van der Waals surface area contributed by atoms with Crippen molar-refractivity contribution in [2.75, 3.05) is 5.32 Å². The topological polar surface area (TPSA) is 83.8 Å². The van der Waals surface area contributed by atoms with E-state index in [1.165, 1.54) is 0 Å². The molecular formula is C14H14N4O2. The van der Waals surface area contributed by atoms with E-state index in [9.17, 15) is 4.79 Å². The van der Waals surface area contributed by atoms with Crippen LogP contribution in [0.1, 0.15) is 28.5 Å². The number of aromatic nitrogens is 3. The number of hydrogen-bond donors (Lipinski definition) is 2. The predicted octanol–water partition coefficient (Wildman–Crippen LogP) is 2.67. The summed E-state index contributed by atoms with van der Waals surface area (Å²) in [5, 5.41) is 6.65. The summed E-state index contributed by atoms with van der Waals surface area (Å²) in [6.07, 6.45) is 2.37. The van der Waals surface area contributed by atoms with E-state index in [1.54, 1.807) is 24.5 Å². The number of imidazole rings is 1. The second kappa shape index (κ2) is 4.80. The van der Waals surface area contributed by atoms with Crippen LogP contribution in [0.15, 0.2) is 29.0 Å². The number of aryl methyl sites for hydroxylation is 1. The summed E-state index contributed by atoms with van der Waals surface area (Å²) >= 11 is 0. The Kier molecular flexibility index (Phi) is 2.98. The average molecular weight is 270 g/mol. The van der Waals surface area contributed by atoms with Gasteiger partial charge in [0.15, 0.2) is 0 Å². The normalized spacial score (nSPS) is 10.9. The molecule has 0 aliphatic heterocycles. The number of fused-ring (bicyclic) bond motifs is 1. The molecule has 1 amide bonds. The van der Waals surface area contributed by atoms with E-state index in [0.717, 1.165) is 28.7 Å². The van der Waals surface area contributed by atoms with Crippen molar-refractivity contribution >= 4 is 22.8 Å². The number of rotatable bonds is 3. The first-order valence-corrected chi connectivity index (χ1v) is 6.38. The molecule has 20 heavy (non-hydrogen) atoms. The van der Waals surface area contributed by atoms with Crippen molar-refractivity contribution in [2.45, 2.75) is 20.3 Å². The van der Waals surface area contributed by atoms with Crippen molar-refractivity contribution in [2.24, 2.45) is 0 Å². The third-order valence-electron chi connectivity index (χ3n) is 3.26. The first-order valence-electron chi connectivity index (χ1n) is 6.38. The highest BCUT2D eigenvalue weighted by molar-refractivity contribution is 6.05. The molecule has 0 spiro atoms.